The molecule has 0 aromatic heterocycles. The number of aliphatic carboxylic acids is 1. The van der Waals surface area contributed by atoms with E-state index in [1.807, 2.05) is 6.92 Å². The van der Waals surface area contributed by atoms with Crippen LogP contribution in [0, 0.1) is 5.41 Å². The lowest BCUT2D eigenvalue weighted by Crippen LogP contribution is -2.49. The van der Waals surface area contributed by atoms with Crippen LogP contribution >= 0.6 is 0 Å². The molecule has 0 aliphatic heterocycles. The molecule has 0 bridgehead atoms. The Hall–Kier alpha value is -1.26. The van der Waals surface area contributed by atoms with Crippen molar-refractivity contribution in [3.05, 3.63) is 0 Å². The van der Waals surface area contributed by atoms with E-state index < -0.39 is 29.1 Å². The second-order valence-corrected chi connectivity index (χ2v) is 5.63. The fourth-order valence-corrected chi connectivity index (χ4v) is 1.39. The SMILES string of the molecule is CC[C@H](NC(=O)OC(C)(C)C)C(C)(C)C(=O)O. The van der Waals surface area contributed by atoms with Gasteiger partial charge >= 0.3 is 12.1 Å². The molecule has 2 N–H and O–H groups in total. The van der Waals surface area contributed by atoms with Crippen molar-refractivity contribution in [3.8, 4) is 0 Å². The zero-order chi connectivity index (χ0) is 13.9. The molecule has 0 spiro atoms. The number of carbonyl (C=O) groups is 2. The minimum atomic E-state index is -1.02. The summed E-state index contributed by atoms with van der Waals surface area (Å²) in [6, 6.07) is -0.463. The summed E-state index contributed by atoms with van der Waals surface area (Å²) >= 11 is 0. The van der Waals surface area contributed by atoms with Crippen LogP contribution in [0.1, 0.15) is 48.0 Å². The number of alkyl carbamates (subject to hydrolysis) is 1. The molecule has 0 aromatic carbocycles. The van der Waals surface area contributed by atoms with E-state index in [-0.39, 0.29) is 0 Å². The van der Waals surface area contributed by atoms with Gasteiger partial charge in [-0.3, -0.25) is 4.79 Å². The molecule has 0 unspecified atom stereocenters. The molecule has 0 heterocycles. The molecule has 0 fully saturated rings. The minimum absolute atomic E-state index is 0.463. The molecule has 17 heavy (non-hydrogen) atoms. The second kappa shape index (κ2) is 5.38. The Bertz CT molecular complexity index is 291. The number of hydrogen-bond donors (Lipinski definition) is 2. The van der Waals surface area contributed by atoms with Crippen molar-refractivity contribution in [3.63, 3.8) is 0 Å². The van der Waals surface area contributed by atoms with E-state index in [0.29, 0.717) is 6.42 Å². The Morgan fingerprint density at radius 2 is 1.71 bits per heavy atom. The lowest BCUT2D eigenvalue weighted by atomic mass is 9.83. The van der Waals surface area contributed by atoms with Gasteiger partial charge in [0.2, 0.25) is 0 Å². The van der Waals surface area contributed by atoms with Gasteiger partial charge in [0.15, 0.2) is 0 Å². The highest BCUT2D eigenvalue weighted by Gasteiger charge is 2.37. The van der Waals surface area contributed by atoms with E-state index in [2.05, 4.69) is 5.32 Å². The quantitative estimate of drug-likeness (QED) is 0.797. The van der Waals surface area contributed by atoms with Crippen LogP contribution < -0.4 is 5.32 Å². The fraction of sp³-hybridized carbons (Fsp3) is 0.833. The Labute approximate surface area is 103 Å². The summed E-state index contributed by atoms with van der Waals surface area (Å²) in [4.78, 5) is 22.7. The highest BCUT2D eigenvalue weighted by Crippen LogP contribution is 2.23. The molecule has 0 saturated heterocycles. The molecule has 0 saturated carbocycles. The van der Waals surface area contributed by atoms with Crippen LogP contribution in [0.4, 0.5) is 4.79 Å². The second-order valence-electron chi connectivity index (χ2n) is 5.63. The van der Waals surface area contributed by atoms with E-state index in [0.717, 1.165) is 0 Å². The Balaban J connectivity index is 4.62. The highest BCUT2D eigenvalue weighted by atomic mass is 16.6. The van der Waals surface area contributed by atoms with Gasteiger partial charge in [0, 0.05) is 6.04 Å². The third-order valence-corrected chi connectivity index (χ3v) is 2.52. The monoisotopic (exact) mass is 245 g/mol. The van der Waals surface area contributed by atoms with Crippen molar-refractivity contribution in [2.24, 2.45) is 5.41 Å². The zero-order valence-corrected chi connectivity index (χ0v) is 11.5. The first kappa shape index (κ1) is 15.7. The summed E-state index contributed by atoms with van der Waals surface area (Å²) in [5, 5.41) is 11.7. The van der Waals surface area contributed by atoms with Gasteiger partial charge < -0.3 is 15.2 Å². The summed E-state index contributed by atoms with van der Waals surface area (Å²) in [6.45, 7) is 10.3. The molecular weight excluding hydrogens is 222 g/mol. The van der Waals surface area contributed by atoms with Gasteiger partial charge in [0.05, 0.1) is 5.41 Å². The molecular formula is C12H23NO4. The number of carboxylic acids is 1. The predicted molar refractivity (Wildman–Crippen MR) is 64.9 cm³/mol. The molecule has 0 radical (unpaired) electrons. The van der Waals surface area contributed by atoms with Gasteiger partial charge in [-0.1, -0.05) is 6.92 Å². The average Bonchev–Trinajstić information content (AvgIpc) is 2.10. The Kier molecular flexibility index (Phi) is 4.98. The van der Waals surface area contributed by atoms with Crippen LogP contribution in [0.15, 0.2) is 0 Å². The number of nitrogens with one attached hydrogen (secondary N) is 1. The Morgan fingerprint density at radius 1 is 1.24 bits per heavy atom. The summed E-state index contributed by atoms with van der Waals surface area (Å²) in [5.41, 5.74) is -1.61. The van der Waals surface area contributed by atoms with Gasteiger partial charge in [-0.05, 0) is 41.0 Å². The van der Waals surface area contributed by atoms with Gasteiger partial charge in [-0.25, -0.2) is 4.79 Å². The molecule has 100 valence electrons. The first-order valence-electron chi connectivity index (χ1n) is 5.73. The minimum Gasteiger partial charge on any atom is -0.481 e. The largest absolute Gasteiger partial charge is 0.481 e. The van der Waals surface area contributed by atoms with Crippen molar-refractivity contribution in [2.75, 3.05) is 0 Å². The molecule has 0 rings (SSSR count). The van der Waals surface area contributed by atoms with Crippen molar-refractivity contribution in [2.45, 2.75) is 59.6 Å². The van der Waals surface area contributed by atoms with Gasteiger partial charge in [-0.2, -0.15) is 0 Å². The zero-order valence-electron chi connectivity index (χ0n) is 11.5. The maximum absolute atomic E-state index is 11.6. The standard InChI is InChI=1S/C12H23NO4/c1-7-8(12(5,6)9(14)15)13-10(16)17-11(2,3)4/h8H,7H2,1-6H3,(H,13,16)(H,14,15)/t8-/m0/s1. The maximum Gasteiger partial charge on any atom is 0.407 e. The van der Waals surface area contributed by atoms with Gasteiger partial charge in [0.1, 0.15) is 5.60 Å². The molecule has 0 aliphatic carbocycles. The first-order chi connectivity index (χ1) is 7.50. The number of carbonyl (C=O) groups excluding carboxylic acids is 1. The van der Waals surface area contributed by atoms with Gasteiger partial charge in [0.25, 0.3) is 0 Å². The lowest BCUT2D eigenvalue weighted by Gasteiger charge is -2.31. The first-order valence-corrected chi connectivity index (χ1v) is 5.73. The summed E-state index contributed by atoms with van der Waals surface area (Å²) in [5.74, 6) is -0.944. The van der Waals surface area contributed by atoms with Crippen LogP contribution in [0.5, 0.6) is 0 Å². The summed E-state index contributed by atoms with van der Waals surface area (Å²) in [7, 11) is 0. The van der Waals surface area contributed by atoms with E-state index in [1.165, 1.54) is 0 Å². The molecule has 0 aromatic rings. The van der Waals surface area contributed by atoms with E-state index >= 15 is 0 Å². The van der Waals surface area contributed by atoms with E-state index in [1.54, 1.807) is 34.6 Å². The van der Waals surface area contributed by atoms with Crippen LogP contribution in [0.25, 0.3) is 0 Å². The fourth-order valence-electron chi connectivity index (χ4n) is 1.39. The van der Waals surface area contributed by atoms with Gasteiger partial charge in [-0.15, -0.1) is 0 Å². The third-order valence-electron chi connectivity index (χ3n) is 2.52. The average molecular weight is 245 g/mol. The summed E-state index contributed by atoms with van der Waals surface area (Å²) < 4.78 is 5.10. The predicted octanol–water partition coefficient (Wildman–Crippen LogP) is 2.40. The molecule has 0 aliphatic rings. The van der Waals surface area contributed by atoms with Crippen LogP contribution in [-0.2, 0) is 9.53 Å². The normalized spacial score (nSPS) is 14.0. The molecule has 5 nitrogen and oxygen atoms in total. The summed E-state index contributed by atoms with van der Waals surface area (Å²) in [6.07, 6.45) is -0.0582. The number of hydrogen-bond acceptors (Lipinski definition) is 3. The van der Waals surface area contributed by atoms with Crippen molar-refractivity contribution < 1.29 is 19.4 Å². The number of carboxylic acid groups (broad SMARTS) is 1. The van der Waals surface area contributed by atoms with Crippen LogP contribution in [-0.4, -0.2) is 28.8 Å². The smallest absolute Gasteiger partial charge is 0.407 e. The lowest BCUT2D eigenvalue weighted by molar-refractivity contribution is -0.148. The third kappa shape index (κ3) is 5.06. The highest BCUT2D eigenvalue weighted by molar-refractivity contribution is 5.76. The van der Waals surface area contributed by atoms with Crippen molar-refractivity contribution in [1.82, 2.24) is 5.32 Å². The topological polar surface area (TPSA) is 75.6 Å². The van der Waals surface area contributed by atoms with Crippen LogP contribution in [0.3, 0.4) is 0 Å². The Morgan fingerprint density at radius 3 is 2.00 bits per heavy atom. The van der Waals surface area contributed by atoms with Crippen LogP contribution in [0.2, 0.25) is 0 Å². The number of ether oxygens (including phenoxy) is 1. The maximum atomic E-state index is 11.6. The van der Waals surface area contributed by atoms with Crippen molar-refractivity contribution >= 4 is 12.1 Å². The molecule has 5 heteroatoms. The number of amides is 1. The number of rotatable bonds is 4. The molecule has 1 atom stereocenters. The van der Waals surface area contributed by atoms with E-state index in [9.17, 15) is 9.59 Å². The molecule has 1 amide bonds. The van der Waals surface area contributed by atoms with Crippen molar-refractivity contribution in [1.29, 1.82) is 0 Å². The van der Waals surface area contributed by atoms with E-state index in [4.69, 9.17) is 9.84 Å².